The smallest absolute Gasteiger partial charge is 0.0667 e. The van der Waals surface area contributed by atoms with E-state index < -0.39 is 0 Å². The lowest BCUT2D eigenvalue weighted by atomic mass is 9.78. The van der Waals surface area contributed by atoms with E-state index in [-0.39, 0.29) is 5.54 Å². The number of hydrogen-bond acceptors (Lipinski definition) is 2. The highest BCUT2D eigenvalue weighted by Gasteiger charge is 2.37. The fourth-order valence-corrected chi connectivity index (χ4v) is 2.71. The molecule has 0 unspecified atom stereocenters. The van der Waals surface area contributed by atoms with E-state index >= 15 is 0 Å². The van der Waals surface area contributed by atoms with Crippen LogP contribution in [0.15, 0.2) is 12.1 Å². The van der Waals surface area contributed by atoms with Gasteiger partial charge in [-0.2, -0.15) is 0 Å². The third-order valence-electron chi connectivity index (χ3n) is 3.59. The van der Waals surface area contributed by atoms with Gasteiger partial charge in [-0.25, -0.2) is 0 Å². The second-order valence-electron chi connectivity index (χ2n) is 4.92. The molecule has 0 bridgehead atoms. The van der Waals surface area contributed by atoms with Gasteiger partial charge in [0.15, 0.2) is 0 Å². The molecule has 0 saturated carbocycles. The zero-order valence-electron chi connectivity index (χ0n) is 10.6. The maximum Gasteiger partial charge on any atom is 0.0667 e. The number of aryl methyl sites for hydroxylation is 3. The molecule has 0 aromatic heterocycles. The predicted molar refractivity (Wildman–Crippen MR) is 68.7 cm³/mol. The zero-order chi connectivity index (χ0) is 11.8. The highest BCUT2D eigenvalue weighted by Crippen LogP contribution is 2.31. The SMILES string of the molecule is CCc1cc(C)cc(CC)c1C1(N)CNC1. The van der Waals surface area contributed by atoms with E-state index in [4.69, 9.17) is 5.73 Å². The first kappa shape index (κ1) is 11.6. The minimum Gasteiger partial charge on any atom is -0.319 e. The van der Waals surface area contributed by atoms with Gasteiger partial charge in [-0.05, 0) is 36.5 Å². The molecule has 2 nitrogen and oxygen atoms in total. The van der Waals surface area contributed by atoms with Gasteiger partial charge in [-0.1, -0.05) is 31.5 Å². The first-order chi connectivity index (χ1) is 7.60. The Balaban J connectivity index is 2.55. The first-order valence-electron chi connectivity index (χ1n) is 6.23. The molecule has 0 aliphatic carbocycles. The van der Waals surface area contributed by atoms with Crippen LogP contribution in [-0.4, -0.2) is 13.1 Å². The molecule has 1 aromatic carbocycles. The molecule has 1 saturated heterocycles. The van der Waals surface area contributed by atoms with E-state index in [0.717, 1.165) is 25.9 Å². The van der Waals surface area contributed by atoms with Gasteiger partial charge in [0.2, 0.25) is 0 Å². The molecule has 1 aromatic rings. The van der Waals surface area contributed by atoms with Crippen LogP contribution in [0.1, 0.15) is 36.1 Å². The van der Waals surface area contributed by atoms with Crippen molar-refractivity contribution in [3.63, 3.8) is 0 Å². The summed E-state index contributed by atoms with van der Waals surface area (Å²) < 4.78 is 0. The van der Waals surface area contributed by atoms with Crippen LogP contribution in [0.25, 0.3) is 0 Å². The third kappa shape index (κ3) is 1.76. The Hall–Kier alpha value is -0.860. The van der Waals surface area contributed by atoms with Crippen molar-refractivity contribution >= 4 is 0 Å². The molecule has 1 heterocycles. The van der Waals surface area contributed by atoms with E-state index in [1.54, 1.807) is 0 Å². The monoisotopic (exact) mass is 218 g/mol. The Bertz CT molecular complexity index is 367. The average molecular weight is 218 g/mol. The van der Waals surface area contributed by atoms with Crippen molar-refractivity contribution in [2.75, 3.05) is 13.1 Å². The van der Waals surface area contributed by atoms with Crippen molar-refractivity contribution in [3.05, 3.63) is 34.4 Å². The van der Waals surface area contributed by atoms with Crippen LogP contribution in [0.3, 0.4) is 0 Å². The van der Waals surface area contributed by atoms with Crippen LogP contribution >= 0.6 is 0 Å². The fraction of sp³-hybridized carbons (Fsp3) is 0.571. The molecule has 2 heteroatoms. The van der Waals surface area contributed by atoms with Gasteiger partial charge in [0.05, 0.1) is 5.54 Å². The van der Waals surface area contributed by atoms with Crippen molar-refractivity contribution in [2.24, 2.45) is 5.73 Å². The molecule has 0 amide bonds. The number of rotatable bonds is 3. The van der Waals surface area contributed by atoms with Crippen LogP contribution in [-0.2, 0) is 18.4 Å². The lowest BCUT2D eigenvalue weighted by molar-refractivity contribution is 0.283. The Kier molecular flexibility index (Phi) is 3.04. The van der Waals surface area contributed by atoms with Crippen LogP contribution in [0.4, 0.5) is 0 Å². The second kappa shape index (κ2) is 4.19. The predicted octanol–water partition coefficient (Wildman–Crippen LogP) is 1.88. The quantitative estimate of drug-likeness (QED) is 0.813. The normalized spacial score (nSPS) is 18.2. The van der Waals surface area contributed by atoms with Gasteiger partial charge in [0, 0.05) is 13.1 Å². The molecule has 1 fully saturated rings. The van der Waals surface area contributed by atoms with E-state index in [1.807, 2.05) is 0 Å². The van der Waals surface area contributed by atoms with Crippen LogP contribution < -0.4 is 11.1 Å². The Labute approximate surface area is 98.2 Å². The molecule has 0 atom stereocenters. The number of nitrogens with two attached hydrogens (primary N) is 1. The van der Waals surface area contributed by atoms with Gasteiger partial charge in [-0.15, -0.1) is 0 Å². The van der Waals surface area contributed by atoms with Crippen LogP contribution in [0.5, 0.6) is 0 Å². The van der Waals surface area contributed by atoms with Crippen molar-refractivity contribution in [2.45, 2.75) is 39.2 Å². The average Bonchev–Trinajstić information content (AvgIpc) is 2.24. The lowest BCUT2D eigenvalue weighted by Crippen LogP contribution is -2.63. The highest BCUT2D eigenvalue weighted by molar-refractivity contribution is 5.45. The molecule has 3 N–H and O–H groups in total. The summed E-state index contributed by atoms with van der Waals surface area (Å²) in [5.74, 6) is 0. The van der Waals surface area contributed by atoms with Crippen molar-refractivity contribution < 1.29 is 0 Å². The van der Waals surface area contributed by atoms with E-state index in [0.29, 0.717) is 0 Å². The summed E-state index contributed by atoms with van der Waals surface area (Å²) in [7, 11) is 0. The summed E-state index contributed by atoms with van der Waals surface area (Å²) in [5, 5.41) is 3.29. The van der Waals surface area contributed by atoms with Crippen LogP contribution in [0.2, 0.25) is 0 Å². The van der Waals surface area contributed by atoms with Gasteiger partial charge >= 0.3 is 0 Å². The molecular weight excluding hydrogens is 196 g/mol. The summed E-state index contributed by atoms with van der Waals surface area (Å²) in [4.78, 5) is 0. The standard InChI is InChI=1S/C14H22N2/c1-4-11-6-10(3)7-12(5-2)13(11)14(15)8-16-9-14/h6-7,16H,4-5,8-9,15H2,1-3H3. The Morgan fingerprint density at radius 1 is 1.19 bits per heavy atom. The summed E-state index contributed by atoms with van der Waals surface area (Å²) >= 11 is 0. The van der Waals surface area contributed by atoms with Crippen molar-refractivity contribution in [1.29, 1.82) is 0 Å². The molecule has 1 aliphatic rings. The molecule has 0 radical (unpaired) electrons. The highest BCUT2D eigenvalue weighted by atomic mass is 15.1. The molecule has 16 heavy (non-hydrogen) atoms. The Morgan fingerprint density at radius 2 is 1.69 bits per heavy atom. The summed E-state index contributed by atoms with van der Waals surface area (Å²) in [6, 6.07) is 4.59. The number of nitrogens with one attached hydrogen (secondary N) is 1. The number of benzene rings is 1. The zero-order valence-corrected chi connectivity index (χ0v) is 10.6. The molecule has 1 aliphatic heterocycles. The molecular formula is C14H22N2. The molecule has 2 rings (SSSR count). The van der Waals surface area contributed by atoms with Crippen LogP contribution in [0, 0.1) is 6.92 Å². The van der Waals surface area contributed by atoms with E-state index in [1.165, 1.54) is 22.3 Å². The molecule has 88 valence electrons. The van der Waals surface area contributed by atoms with E-state index in [9.17, 15) is 0 Å². The first-order valence-corrected chi connectivity index (χ1v) is 6.23. The topological polar surface area (TPSA) is 38.0 Å². The fourth-order valence-electron chi connectivity index (χ4n) is 2.71. The Morgan fingerprint density at radius 3 is 2.00 bits per heavy atom. The third-order valence-corrected chi connectivity index (χ3v) is 3.59. The van der Waals surface area contributed by atoms with Gasteiger partial charge in [-0.3, -0.25) is 0 Å². The minimum atomic E-state index is -0.121. The van der Waals surface area contributed by atoms with E-state index in [2.05, 4.69) is 38.2 Å². The maximum absolute atomic E-state index is 6.46. The second-order valence-corrected chi connectivity index (χ2v) is 4.92. The van der Waals surface area contributed by atoms with Gasteiger partial charge < -0.3 is 11.1 Å². The summed E-state index contributed by atoms with van der Waals surface area (Å²) in [6.45, 7) is 8.43. The maximum atomic E-state index is 6.46. The molecule has 0 spiro atoms. The van der Waals surface area contributed by atoms with Crippen molar-refractivity contribution in [1.82, 2.24) is 5.32 Å². The summed E-state index contributed by atoms with van der Waals surface area (Å²) in [6.07, 6.45) is 2.14. The summed E-state index contributed by atoms with van der Waals surface area (Å²) in [5.41, 5.74) is 12.0. The van der Waals surface area contributed by atoms with Crippen molar-refractivity contribution in [3.8, 4) is 0 Å². The van der Waals surface area contributed by atoms with Gasteiger partial charge in [0.25, 0.3) is 0 Å². The van der Waals surface area contributed by atoms with Gasteiger partial charge in [0.1, 0.15) is 0 Å². The minimum absolute atomic E-state index is 0.121. The lowest BCUT2D eigenvalue weighted by Gasteiger charge is -2.42. The number of hydrogen-bond donors (Lipinski definition) is 2. The largest absolute Gasteiger partial charge is 0.319 e.